The zero-order valence-corrected chi connectivity index (χ0v) is 10.5. The number of carbonyl (C=O) groups excluding carboxylic acids is 1. The van der Waals surface area contributed by atoms with Gasteiger partial charge in [-0.1, -0.05) is 24.3 Å². The third-order valence-corrected chi connectivity index (χ3v) is 2.61. The third-order valence-electron chi connectivity index (χ3n) is 2.61. The van der Waals surface area contributed by atoms with Gasteiger partial charge in [-0.15, -0.1) is 0 Å². The number of rotatable bonds is 5. The Kier molecular flexibility index (Phi) is 3.77. The molecule has 0 saturated heterocycles. The van der Waals surface area contributed by atoms with Gasteiger partial charge in [-0.05, 0) is 19.1 Å². The SMILES string of the molecule is C=C(C)CNC(=O)CCc1nc2ccccc2[nH]1. The van der Waals surface area contributed by atoms with Crippen LogP contribution >= 0.6 is 0 Å². The molecule has 1 amide bonds. The van der Waals surface area contributed by atoms with E-state index in [9.17, 15) is 4.79 Å². The normalized spacial score (nSPS) is 10.5. The van der Waals surface area contributed by atoms with E-state index in [4.69, 9.17) is 0 Å². The molecule has 0 radical (unpaired) electrons. The minimum atomic E-state index is 0.0263. The Labute approximate surface area is 106 Å². The van der Waals surface area contributed by atoms with E-state index in [1.165, 1.54) is 0 Å². The van der Waals surface area contributed by atoms with Crippen molar-refractivity contribution in [2.24, 2.45) is 0 Å². The molecule has 0 aliphatic heterocycles. The van der Waals surface area contributed by atoms with Crippen molar-refractivity contribution in [1.82, 2.24) is 15.3 Å². The molecule has 2 rings (SSSR count). The fourth-order valence-corrected chi connectivity index (χ4v) is 1.69. The van der Waals surface area contributed by atoms with Crippen LogP contribution in [0.15, 0.2) is 36.4 Å². The summed E-state index contributed by atoms with van der Waals surface area (Å²) in [5, 5.41) is 2.81. The number of H-pyrrole nitrogens is 1. The summed E-state index contributed by atoms with van der Waals surface area (Å²) in [5.74, 6) is 0.875. The maximum absolute atomic E-state index is 11.5. The first kappa shape index (κ1) is 12.4. The molecule has 2 aromatic rings. The highest BCUT2D eigenvalue weighted by molar-refractivity contribution is 5.77. The van der Waals surface area contributed by atoms with Crippen LogP contribution in [0.1, 0.15) is 19.2 Å². The largest absolute Gasteiger partial charge is 0.352 e. The van der Waals surface area contributed by atoms with Crippen LogP contribution in [0.3, 0.4) is 0 Å². The predicted octanol–water partition coefficient (Wildman–Crippen LogP) is 2.19. The Morgan fingerprint density at radius 2 is 2.22 bits per heavy atom. The van der Waals surface area contributed by atoms with E-state index in [2.05, 4.69) is 21.9 Å². The monoisotopic (exact) mass is 243 g/mol. The number of benzene rings is 1. The molecule has 1 aromatic heterocycles. The Bertz CT molecular complexity index is 538. The van der Waals surface area contributed by atoms with Crippen molar-refractivity contribution in [2.75, 3.05) is 6.54 Å². The molecule has 1 heterocycles. The second kappa shape index (κ2) is 5.49. The number of para-hydroxylation sites is 2. The third kappa shape index (κ3) is 3.20. The van der Waals surface area contributed by atoms with E-state index in [0.717, 1.165) is 22.4 Å². The number of nitrogens with zero attached hydrogens (tertiary/aromatic N) is 1. The molecule has 94 valence electrons. The Hall–Kier alpha value is -2.10. The number of aromatic nitrogens is 2. The summed E-state index contributed by atoms with van der Waals surface area (Å²) in [6.45, 7) is 6.17. The first-order chi connectivity index (χ1) is 8.65. The van der Waals surface area contributed by atoms with Crippen LogP contribution in [0.4, 0.5) is 0 Å². The first-order valence-electron chi connectivity index (χ1n) is 6.00. The van der Waals surface area contributed by atoms with Gasteiger partial charge in [0.2, 0.25) is 5.91 Å². The highest BCUT2D eigenvalue weighted by atomic mass is 16.1. The van der Waals surface area contributed by atoms with Crippen molar-refractivity contribution in [3.8, 4) is 0 Å². The van der Waals surface area contributed by atoms with Crippen molar-refractivity contribution in [3.05, 3.63) is 42.2 Å². The average Bonchev–Trinajstić information content (AvgIpc) is 2.76. The number of carbonyl (C=O) groups is 1. The number of aryl methyl sites for hydroxylation is 1. The number of fused-ring (bicyclic) bond motifs is 1. The minimum absolute atomic E-state index is 0.0263. The lowest BCUT2D eigenvalue weighted by atomic mass is 10.2. The van der Waals surface area contributed by atoms with Crippen LogP contribution in [0.5, 0.6) is 0 Å². The Morgan fingerprint density at radius 1 is 1.44 bits per heavy atom. The summed E-state index contributed by atoms with van der Waals surface area (Å²) in [4.78, 5) is 19.2. The van der Waals surface area contributed by atoms with Crippen LogP contribution in [-0.2, 0) is 11.2 Å². The van der Waals surface area contributed by atoms with E-state index in [-0.39, 0.29) is 5.91 Å². The average molecular weight is 243 g/mol. The predicted molar refractivity (Wildman–Crippen MR) is 72.2 cm³/mol. The summed E-state index contributed by atoms with van der Waals surface area (Å²) < 4.78 is 0. The summed E-state index contributed by atoms with van der Waals surface area (Å²) >= 11 is 0. The van der Waals surface area contributed by atoms with Crippen LogP contribution in [0.25, 0.3) is 11.0 Å². The van der Waals surface area contributed by atoms with Gasteiger partial charge in [0.1, 0.15) is 5.82 Å². The van der Waals surface area contributed by atoms with Crippen LogP contribution < -0.4 is 5.32 Å². The molecule has 18 heavy (non-hydrogen) atoms. The zero-order chi connectivity index (χ0) is 13.0. The lowest BCUT2D eigenvalue weighted by Gasteiger charge is -2.03. The molecule has 4 nitrogen and oxygen atoms in total. The second-order valence-electron chi connectivity index (χ2n) is 4.43. The molecule has 0 atom stereocenters. The number of hydrogen-bond donors (Lipinski definition) is 2. The van der Waals surface area contributed by atoms with E-state index in [1.54, 1.807) is 0 Å². The maximum Gasteiger partial charge on any atom is 0.220 e. The highest BCUT2D eigenvalue weighted by Crippen LogP contribution is 2.11. The van der Waals surface area contributed by atoms with Gasteiger partial charge < -0.3 is 10.3 Å². The molecular weight excluding hydrogens is 226 g/mol. The van der Waals surface area contributed by atoms with E-state index >= 15 is 0 Å². The molecule has 0 aliphatic carbocycles. The number of amides is 1. The van der Waals surface area contributed by atoms with Crippen molar-refractivity contribution in [3.63, 3.8) is 0 Å². The molecule has 0 spiro atoms. The van der Waals surface area contributed by atoms with E-state index in [0.29, 0.717) is 19.4 Å². The van der Waals surface area contributed by atoms with Gasteiger partial charge in [-0.25, -0.2) is 4.98 Å². The fraction of sp³-hybridized carbons (Fsp3) is 0.286. The molecular formula is C14H17N3O. The van der Waals surface area contributed by atoms with Crippen molar-refractivity contribution in [2.45, 2.75) is 19.8 Å². The maximum atomic E-state index is 11.5. The quantitative estimate of drug-likeness (QED) is 0.791. The van der Waals surface area contributed by atoms with E-state index in [1.807, 2.05) is 31.2 Å². The Balaban J connectivity index is 1.90. The molecule has 4 heteroatoms. The summed E-state index contributed by atoms with van der Waals surface area (Å²) in [6, 6.07) is 7.85. The zero-order valence-electron chi connectivity index (χ0n) is 10.5. The minimum Gasteiger partial charge on any atom is -0.352 e. The molecule has 0 aliphatic rings. The number of hydrogen-bond acceptors (Lipinski definition) is 2. The first-order valence-corrected chi connectivity index (χ1v) is 6.00. The molecule has 0 fully saturated rings. The van der Waals surface area contributed by atoms with Gasteiger partial charge in [0.05, 0.1) is 11.0 Å². The smallest absolute Gasteiger partial charge is 0.220 e. The summed E-state index contributed by atoms with van der Waals surface area (Å²) in [6.07, 6.45) is 1.06. The molecule has 2 N–H and O–H groups in total. The van der Waals surface area contributed by atoms with Crippen molar-refractivity contribution < 1.29 is 4.79 Å². The summed E-state index contributed by atoms with van der Waals surface area (Å²) in [5.41, 5.74) is 2.90. The van der Waals surface area contributed by atoms with Crippen LogP contribution in [0, 0.1) is 0 Å². The summed E-state index contributed by atoms with van der Waals surface area (Å²) in [7, 11) is 0. The standard InChI is InChI=1S/C14H17N3O/c1-10(2)9-15-14(18)8-7-13-16-11-5-3-4-6-12(11)17-13/h3-6H,1,7-9H2,2H3,(H,15,18)(H,16,17). The van der Waals surface area contributed by atoms with Gasteiger partial charge in [0.25, 0.3) is 0 Å². The highest BCUT2D eigenvalue weighted by Gasteiger charge is 2.05. The molecule has 0 saturated carbocycles. The topological polar surface area (TPSA) is 57.8 Å². The van der Waals surface area contributed by atoms with Gasteiger partial charge in [0.15, 0.2) is 0 Å². The lowest BCUT2D eigenvalue weighted by Crippen LogP contribution is -2.25. The van der Waals surface area contributed by atoms with E-state index < -0.39 is 0 Å². The van der Waals surface area contributed by atoms with Gasteiger partial charge in [0, 0.05) is 19.4 Å². The fourth-order valence-electron chi connectivity index (χ4n) is 1.69. The molecule has 0 bridgehead atoms. The Morgan fingerprint density at radius 3 is 2.94 bits per heavy atom. The second-order valence-corrected chi connectivity index (χ2v) is 4.43. The van der Waals surface area contributed by atoms with Crippen LogP contribution in [0.2, 0.25) is 0 Å². The number of imidazole rings is 1. The molecule has 1 aromatic carbocycles. The van der Waals surface area contributed by atoms with Gasteiger partial charge >= 0.3 is 0 Å². The van der Waals surface area contributed by atoms with Crippen molar-refractivity contribution in [1.29, 1.82) is 0 Å². The molecule has 0 unspecified atom stereocenters. The van der Waals surface area contributed by atoms with Gasteiger partial charge in [-0.2, -0.15) is 0 Å². The van der Waals surface area contributed by atoms with Gasteiger partial charge in [-0.3, -0.25) is 4.79 Å². The number of nitrogens with one attached hydrogen (secondary N) is 2. The number of aromatic amines is 1. The van der Waals surface area contributed by atoms with Crippen LogP contribution in [-0.4, -0.2) is 22.4 Å². The lowest BCUT2D eigenvalue weighted by molar-refractivity contribution is -0.120. The van der Waals surface area contributed by atoms with Crippen molar-refractivity contribution >= 4 is 16.9 Å².